The predicted octanol–water partition coefficient (Wildman–Crippen LogP) is 3.58. The Morgan fingerprint density at radius 2 is 2.06 bits per heavy atom. The Hall–Kier alpha value is -1.36. The highest BCUT2D eigenvalue weighted by Gasteiger charge is 2.19. The smallest absolute Gasteiger partial charge is 0.419 e. The number of rotatable bonds is 0. The highest BCUT2D eigenvalue weighted by Crippen LogP contribution is 2.18. The molecule has 2 aromatic heterocycles. The van der Waals surface area contributed by atoms with E-state index in [2.05, 4.69) is 20.9 Å². The van der Waals surface area contributed by atoms with Crippen molar-refractivity contribution >= 4 is 33.1 Å². The molecule has 0 aliphatic heterocycles. The molecule has 2 aromatic rings. The van der Waals surface area contributed by atoms with Gasteiger partial charge in [0.05, 0.1) is 11.0 Å². The summed E-state index contributed by atoms with van der Waals surface area (Å²) in [6.45, 7) is 5.52. The number of hydrogen-bond donors (Lipinski definition) is 0. The zero-order valence-electron chi connectivity index (χ0n) is 9.90. The largest absolute Gasteiger partial charge is 0.443 e. The number of halogens is 1. The summed E-state index contributed by atoms with van der Waals surface area (Å²) in [5.74, 6) is 0. The lowest BCUT2D eigenvalue weighted by molar-refractivity contribution is 0.0544. The van der Waals surface area contributed by atoms with Gasteiger partial charge in [0.15, 0.2) is 0 Å². The van der Waals surface area contributed by atoms with Crippen LogP contribution >= 0.6 is 15.9 Å². The molecule has 0 fully saturated rings. The van der Waals surface area contributed by atoms with Gasteiger partial charge in [-0.3, -0.25) is 4.57 Å². The third-order valence-corrected chi connectivity index (χ3v) is 2.54. The first kappa shape index (κ1) is 12.1. The second kappa shape index (κ2) is 4.14. The van der Waals surface area contributed by atoms with Crippen molar-refractivity contribution in [3.05, 3.63) is 29.0 Å². The molecule has 17 heavy (non-hydrogen) atoms. The highest BCUT2D eigenvalue weighted by molar-refractivity contribution is 9.10. The molecular weight excluding hydrogens is 284 g/mol. The Morgan fingerprint density at radius 3 is 2.71 bits per heavy atom. The van der Waals surface area contributed by atoms with Crippen LogP contribution in [0.3, 0.4) is 0 Å². The van der Waals surface area contributed by atoms with Gasteiger partial charge in [-0.2, -0.15) is 0 Å². The molecule has 0 N–H and O–H groups in total. The Morgan fingerprint density at radius 1 is 1.35 bits per heavy atom. The van der Waals surface area contributed by atoms with Gasteiger partial charge in [0, 0.05) is 6.20 Å². The van der Waals surface area contributed by atoms with Gasteiger partial charge in [-0.25, -0.2) is 9.78 Å². The molecule has 2 rings (SSSR count). The number of fused-ring (bicyclic) bond motifs is 1. The fourth-order valence-electron chi connectivity index (χ4n) is 1.46. The molecule has 0 aliphatic carbocycles. The monoisotopic (exact) mass is 296 g/mol. The molecule has 5 heteroatoms. The zero-order chi connectivity index (χ0) is 12.6. The number of aromatic nitrogens is 2. The van der Waals surface area contributed by atoms with Crippen LogP contribution in [0.1, 0.15) is 20.8 Å². The first-order valence-electron chi connectivity index (χ1n) is 5.24. The first-order valence-corrected chi connectivity index (χ1v) is 6.03. The van der Waals surface area contributed by atoms with E-state index in [1.54, 1.807) is 18.3 Å². The van der Waals surface area contributed by atoms with E-state index >= 15 is 0 Å². The summed E-state index contributed by atoms with van der Waals surface area (Å²) in [7, 11) is 0. The van der Waals surface area contributed by atoms with Crippen LogP contribution in [-0.2, 0) is 4.74 Å². The van der Waals surface area contributed by atoms with Gasteiger partial charge in [0.25, 0.3) is 0 Å². The van der Waals surface area contributed by atoms with Crippen molar-refractivity contribution in [3.8, 4) is 0 Å². The van der Waals surface area contributed by atoms with Gasteiger partial charge in [0.1, 0.15) is 10.2 Å². The lowest BCUT2D eigenvalue weighted by Crippen LogP contribution is -2.26. The van der Waals surface area contributed by atoms with Crippen LogP contribution in [0.15, 0.2) is 29.0 Å². The molecule has 0 spiro atoms. The molecule has 0 saturated heterocycles. The van der Waals surface area contributed by atoms with Crippen molar-refractivity contribution in [2.75, 3.05) is 0 Å². The van der Waals surface area contributed by atoms with Crippen LogP contribution in [0.5, 0.6) is 0 Å². The van der Waals surface area contributed by atoms with E-state index in [-0.39, 0.29) is 0 Å². The Labute approximate surface area is 108 Å². The van der Waals surface area contributed by atoms with E-state index in [1.165, 1.54) is 4.57 Å². The van der Waals surface area contributed by atoms with Crippen molar-refractivity contribution in [1.82, 2.24) is 9.55 Å². The first-order chi connectivity index (χ1) is 7.87. The number of nitrogens with zero attached hydrogens (tertiary/aromatic N) is 2. The van der Waals surface area contributed by atoms with Crippen molar-refractivity contribution in [2.45, 2.75) is 26.4 Å². The van der Waals surface area contributed by atoms with E-state index in [1.807, 2.05) is 26.8 Å². The number of hydrogen-bond acceptors (Lipinski definition) is 3. The van der Waals surface area contributed by atoms with E-state index in [9.17, 15) is 4.79 Å². The lowest BCUT2D eigenvalue weighted by atomic mass is 10.2. The summed E-state index contributed by atoms with van der Waals surface area (Å²) in [5, 5.41) is 0. The average Bonchev–Trinajstić information content (AvgIpc) is 2.57. The summed E-state index contributed by atoms with van der Waals surface area (Å²) < 4.78 is 7.51. The van der Waals surface area contributed by atoms with E-state index in [4.69, 9.17) is 4.74 Å². The molecule has 0 atom stereocenters. The van der Waals surface area contributed by atoms with E-state index < -0.39 is 11.7 Å². The molecule has 0 bridgehead atoms. The molecular formula is C12H13BrN2O2. The zero-order valence-corrected chi connectivity index (χ0v) is 11.5. The molecule has 0 unspecified atom stereocenters. The quantitative estimate of drug-likeness (QED) is 0.698. The Kier molecular flexibility index (Phi) is 2.95. The topological polar surface area (TPSA) is 44.1 Å². The summed E-state index contributed by atoms with van der Waals surface area (Å²) in [6, 6.07) is 5.41. The van der Waals surface area contributed by atoms with Crippen molar-refractivity contribution in [1.29, 1.82) is 0 Å². The summed E-state index contributed by atoms with van der Waals surface area (Å²) in [6.07, 6.45) is 1.27. The summed E-state index contributed by atoms with van der Waals surface area (Å²) in [4.78, 5) is 16.2. The highest BCUT2D eigenvalue weighted by atomic mass is 79.9. The third kappa shape index (κ3) is 2.66. The van der Waals surface area contributed by atoms with Crippen molar-refractivity contribution in [3.63, 3.8) is 0 Å². The summed E-state index contributed by atoms with van der Waals surface area (Å²) >= 11 is 3.29. The van der Waals surface area contributed by atoms with Gasteiger partial charge in [-0.15, -0.1) is 0 Å². The standard InChI is InChI=1S/C12H13BrN2O2/c1-12(2,3)17-11(16)15-7-6-8-9(15)4-5-10(13)14-8/h4-7H,1-3H3. The lowest BCUT2D eigenvalue weighted by Gasteiger charge is -2.19. The van der Waals surface area contributed by atoms with Gasteiger partial charge < -0.3 is 4.74 Å². The average molecular weight is 297 g/mol. The van der Waals surface area contributed by atoms with E-state index in [0.717, 1.165) is 15.6 Å². The van der Waals surface area contributed by atoms with Gasteiger partial charge in [-0.1, -0.05) is 0 Å². The normalized spacial score (nSPS) is 11.8. The molecule has 0 saturated carbocycles. The van der Waals surface area contributed by atoms with Crippen LogP contribution in [0.2, 0.25) is 0 Å². The number of ether oxygens (including phenoxy) is 1. The predicted molar refractivity (Wildman–Crippen MR) is 69.1 cm³/mol. The van der Waals surface area contributed by atoms with Crippen LogP contribution < -0.4 is 0 Å². The number of carbonyl (C=O) groups is 1. The molecule has 0 aliphatic rings. The maximum Gasteiger partial charge on any atom is 0.419 e. The summed E-state index contributed by atoms with van der Waals surface area (Å²) in [5.41, 5.74) is 0.990. The maximum absolute atomic E-state index is 11.9. The van der Waals surface area contributed by atoms with Crippen LogP contribution in [0.4, 0.5) is 4.79 Å². The molecule has 90 valence electrons. The number of pyridine rings is 1. The maximum atomic E-state index is 11.9. The molecule has 0 aromatic carbocycles. The Bertz CT molecular complexity index is 569. The molecule has 2 heterocycles. The second-order valence-corrected chi connectivity index (χ2v) is 5.52. The number of carbonyl (C=O) groups excluding carboxylic acids is 1. The SMILES string of the molecule is CC(C)(C)OC(=O)n1ccc2nc(Br)ccc21. The van der Waals surface area contributed by atoms with Gasteiger partial charge >= 0.3 is 6.09 Å². The molecule has 4 nitrogen and oxygen atoms in total. The molecule has 0 amide bonds. The van der Waals surface area contributed by atoms with Gasteiger partial charge in [-0.05, 0) is 54.9 Å². The Balaban J connectivity index is 2.40. The van der Waals surface area contributed by atoms with Crippen LogP contribution in [0, 0.1) is 0 Å². The second-order valence-electron chi connectivity index (χ2n) is 4.70. The van der Waals surface area contributed by atoms with Gasteiger partial charge in [0.2, 0.25) is 0 Å². The van der Waals surface area contributed by atoms with E-state index in [0.29, 0.717) is 0 Å². The fourth-order valence-corrected chi connectivity index (χ4v) is 1.79. The minimum atomic E-state index is -0.504. The van der Waals surface area contributed by atoms with Crippen molar-refractivity contribution < 1.29 is 9.53 Å². The van der Waals surface area contributed by atoms with Crippen LogP contribution in [-0.4, -0.2) is 21.2 Å². The van der Waals surface area contributed by atoms with Crippen molar-refractivity contribution in [2.24, 2.45) is 0 Å². The minimum Gasteiger partial charge on any atom is -0.443 e. The molecule has 0 radical (unpaired) electrons. The minimum absolute atomic E-state index is 0.392. The fraction of sp³-hybridized carbons (Fsp3) is 0.333. The van der Waals surface area contributed by atoms with Crippen LogP contribution in [0.25, 0.3) is 11.0 Å². The third-order valence-electron chi connectivity index (χ3n) is 2.10.